The van der Waals surface area contributed by atoms with Crippen LogP contribution in [0.4, 0.5) is 0 Å². The van der Waals surface area contributed by atoms with E-state index in [9.17, 15) is 4.79 Å². The highest BCUT2D eigenvalue weighted by Crippen LogP contribution is 2.33. The number of rotatable bonds is 3. The number of benzene rings is 1. The summed E-state index contributed by atoms with van der Waals surface area (Å²) in [6.07, 6.45) is 10.1. The van der Waals surface area contributed by atoms with Crippen molar-refractivity contribution < 1.29 is 4.79 Å². The van der Waals surface area contributed by atoms with Crippen molar-refractivity contribution in [3.63, 3.8) is 0 Å². The van der Waals surface area contributed by atoms with E-state index in [1.807, 2.05) is 10.8 Å². The Hall–Kier alpha value is -2.14. The molecule has 3 aliphatic heterocycles. The van der Waals surface area contributed by atoms with Crippen molar-refractivity contribution in [1.29, 1.82) is 0 Å². The van der Waals surface area contributed by atoms with Crippen molar-refractivity contribution in [3.8, 4) is 0 Å². The zero-order valence-corrected chi connectivity index (χ0v) is 15.1. The number of piperidine rings is 1. The zero-order valence-electron chi connectivity index (χ0n) is 15.1. The van der Waals surface area contributed by atoms with Gasteiger partial charge in [-0.1, -0.05) is 24.3 Å². The first-order chi connectivity index (χ1) is 12.8. The van der Waals surface area contributed by atoms with E-state index < -0.39 is 0 Å². The quantitative estimate of drug-likeness (QED) is 0.850. The van der Waals surface area contributed by atoms with Crippen LogP contribution in [0, 0.1) is 5.92 Å². The van der Waals surface area contributed by atoms with Crippen LogP contribution in [0.25, 0.3) is 0 Å². The van der Waals surface area contributed by atoms with Gasteiger partial charge < -0.3 is 9.47 Å². The zero-order chi connectivity index (χ0) is 17.5. The summed E-state index contributed by atoms with van der Waals surface area (Å²) in [6.45, 7) is 3.52. The van der Waals surface area contributed by atoms with Gasteiger partial charge in [0.25, 0.3) is 0 Å². The largest absolute Gasteiger partial charge is 0.337 e. The molecule has 5 nitrogen and oxygen atoms in total. The fourth-order valence-corrected chi connectivity index (χ4v) is 5.14. The molecular weight excluding hydrogens is 324 g/mol. The third-order valence-corrected chi connectivity index (χ3v) is 6.49. The van der Waals surface area contributed by atoms with Crippen LogP contribution >= 0.6 is 0 Å². The van der Waals surface area contributed by atoms with Crippen molar-refractivity contribution in [2.45, 2.75) is 44.3 Å². The average Bonchev–Trinajstić information content (AvgIpc) is 3.23. The van der Waals surface area contributed by atoms with Crippen LogP contribution in [-0.2, 0) is 24.2 Å². The van der Waals surface area contributed by atoms with Crippen LogP contribution in [0.5, 0.6) is 0 Å². The molecule has 6 rings (SSSR count). The van der Waals surface area contributed by atoms with Crippen molar-refractivity contribution in [1.82, 2.24) is 19.4 Å². The molecule has 0 N–H and O–H groups in total. The Morgan fingerprint density at radius 3 is 2.58 bits per heavy atom. The Balaban J connectivity index is 1.29. The van der Waals surface area contributed by atoms with Crippen LogP contribution in [0.2, 0.25) is 0 Å². The third-order valence-electron chi connectivity index (χ3n) is 6.49. The SMILES string of the molecule is O=C(Cn1ccnc1)N1C[C@H]2CC[C@@H]1CN(C1Cc3ccccc3C1)C2. The van der Waals surface area contributed by atoms with Crippen molar-refractivity contribution >= 4 is 5.91 Å². The number of hydrogen-bond acceptors (Lipinski definition) is 3. The highest BCUT2D eigenvalue weighted by atomic mass is 16.2. The number of nitrogens with zero attached hydrogens (tertiary/aromatic N) is 4. The Bertz CT molecular complexity index is 762. The number of carbonyl (C=O) groups excluding carboxylic acids is 1. The minimum atomic E-state index is 0.245. The Morgan fingerprint density at radius 1 is 1.04 bits per heavy atom. The Labute approximate surface area is 154 Å². The molecule has 3 fully saturated rings. The molecule has 0 radical (unpaired) electrons. The van der Waals surface area contributed by atoms with E-state index >= 15 is 0 Å². The van der Waals surface area contributed by atoms with Gasteiger partial charge in [0.15, 0.2) is 0 Å². The molecule has 5 heteroatoms. The Morgan fingerprint density at radius 2 is 1.85 bits per heavy atom. The summed E-state index contributed by atoms with van der Waals surface area (Å²) < 4.78 is 1.88. The summed E-state index contributed by atoms with van der Waals surface area (Å²) in [5, 5.41) is 0. The molecular formula is C21H26N4O. The molecule has 0 spiro atoms. The maximum Gasteiger partial charge on any atom is 0.242 e. The number of hydrogen-bond donors (Lipinski definition) is 0. The topological polar surface area (TPSA) is 41.4 Å². The first kappa shape index (κ1) is 16.1. The van der Waals surface area contributed by atoms with Crippen LogP contribution in [0.15, 0.2) is 43.0 Å². The molecule has 4 aliphatic rings. The number of aromatic nitrogens is 2. The van der Waals surface area contributed by atoms with E-state index in [-0.39, 0.29) is 5.91 Å². The van der Waals surface area contributed by atoms with Crippen LogP contribution < -0.4 is 0 Å². The second kappa shape index (κ2) is 6.54. The molecule has 2 atom stereocenters. The maximum atomic E-state index is 12.9. The number of fused-ring (bicyclic) bond motifs is 5. The second-order valence-corrected chi connectivity index (χ2v) is 8.16. The molecule has 3 saturated heterocycles. The van der Waals surface area contributed by atoms with Gasteiger partial charge >= 0.3 is 0 Å². The van der Waals surface area contributed by atoms with Crippen molar-refractivity contribution in [2.24, 2.45) is 5.92 Å². The van der Waals surface area contributed by atoms with E-state index in [0.29, 0.717) is 24.5 Å². The summed E-state index contributed by atoms with van der Waals surface area (Å²) in [5.41, 5.74) is 3.03. The molecule has 0 saturated carbocycles. The summed E-state index contributed by atoms with van der Waals surface area (Å²) in [5.74, 6) is 0.860. The monoisotopic (exact) mass is 350 g/mol. The first-order valence-corrected chi connectivity index (χ1v) is 9.82. The Kier molecular flexibility index (Phi) is 4.04. The van der Waals surface area contributed by atoms with Gasteiger partial charge in [-0.05, 0) is 42.7 Å². The summed E-state index contributed by atoms with van der Waals surface area (Å²) in [4.78, 5) is 21.8. The average molecular weight is 350 g/mol. The minimum absolute atomic E-state index is 0.245. The molecule has 4 heterocycles. The summed E-state index contributed by atoms with van der Waals surface area (Å²) in [6, 6.07) is 9.85. The van der Waals surface area contributed by atoms with Gasteiger partial charge in [-0.15, -0.1) is 0 Å². The molecule has 1 aliphatic carbocycles. The van der Waals surface area contributed by atoms with E-state index in [2.05, 4.69) is 39.0 Å². The summed E-state index contributed by atoms with van der Waals surface area (Å²) >= 11 is 0. The van der Waals surface area contributed by atoms with E-state index in [1.165, 1.54) is 30.4 Å². The van der Waals surface area contributed by atoms with Gasteiger partial charge in [0.1, 0.15) is 6.54 Å². The molecule has 2 aromatic rings. The first-order valence-electron chi connectivity index (χ1n) is 9.82. The second-order valence-electron chi connectivity index (χ2n) is 8.16. The lowest BCUT2D eigenvalue weighted by atomic mass is 9.95. The van der Waals surface area contributed by atoms with Gasteiger partial charge in [-0.25, -0.2) is 4.98 Å². The van der Waals surface area contributed by atoms with Gasteiger partial charge in [0.05, 0.1) is 6.33 Å². The van der Waals surface area contributed by atoms with E-state index in [0.717, 1.165) is 26.1 Å². The molecule has 1 aromatic heterocycles. The number of imidazole rings is 1. The van der Waals surface area contributed by atoms with E-state index in [4.69, 9.17) is 0 Å². The molecule has 136 valence electrons. The number of carbonyl (C=O) groups is 1. The highest BCUT2D eigenvalue weighted by molar-refractivity contribution is 5.76. The maximum absolute atomic E-state index is 12.9. The predicted molar refractivity (Wildman–Crippen MR) is 99.7 cm³/mol. The lowest BCUT2D eigenvalue weighted by Crippen LogP contribution is -2.49. The molecule has 1 aromatic carbocycles. The third kappa shape index (κ3) is 2.94. The van der Waals surface area contributed by atoms with Crippen LogP contribution in [0.3, 0.4) is 0 Å². The predicted octanol–water partition coefficient (Wildman–Crippen LogP) is 1.97. The lowest BCUT2D eigenvalue weighted by molar-refractivity contribution is -0.136. The van der Waals surface area contributed by atoms with Gasteiger partial charge in [-0.2, -0.15) is 0 Å². The normalized spacial score (nSPS) is 26.1. The van der Waals surface area contributed by atoms with Crippen molar-refractivity contribution in [2.75, 3.05) is 19.6 Å². The molecule has 2 bridgehead atoms. The smallest absolute Gasteiger partial charge is 0.242 e. The standard InChI is InChI=1S/C21H26N4O/c26-21(14-23-8-7-22-15-23)25-12-16-5-6-19(25)13-24(11-16)20-9-17-3-1-2-4-18(17)10-20/h1-4,7-8,15-16,19-20H,5-6,9-14H2/t16-,19+/m0/s1. The van der Waals surface area contributed by atoms with E-state index in [1.54, 1.807) is 12.5 Å². The summed E-state index contributed by atoms with van der Waals surface area (Å²) in [7, 11) is 0. The fraction of sp³-hybridized carbons (Fsp3) is 0.524. The highest BCUT2D eigenvalue weighted by Gasteiger charge is 2.40. The van der Waals surface area contributed by atoms with Crippen LogP contribution in [0.1, 0.15) is 24.0 Å². The van der Waals surface area contributed by atoms with Crippen molar-refractivity contribution in [3.05, 3.63) is 54.1 Å². The number of amides is 1. The fourth-order valence-electron chi connectivity index (χ4n) is 5.14. The van der Waals surface area contributed by atoms with Gasteiger partial charge in [0, 0.05) is 44.1 Å². The lowest BCUT2D eigenvalue weighted by Gasteiger charge is -2.36. The van der Waals surface area contributed by atoms with Gasteiger partial charge in [0.2, 0.25) is 5.91 Å². The van der Waals surface area contributed by atoms with Crippen LogP contribution in [-0.4, -0.2) is 57.0 Å². The van der Waals surface area contributed by atoms with Gasteiger partial charge in [-0.3, -0.25) is 9.69 Å². The molecule has 26 heavy (non-hydrogen) atoms. The molecule has 1 amide bonds. The minimum Gasteiger partial charge on any atom is -0.337 e. The molecule has 0 unspecified atom stereocenters.